The summed E-state index contributed by atoms with van der Waals surface area (Å²) in [6, 6.07) is 7.38. The molecular formula is C25H32F2N6O2S. The number of hydrogen-bond acceptors (Lipinski definition) is 8. The number of anilines is 3. The van der Waals surface area contributed by atoms with Crippen molar-refractivity contribution in [3.8, 4) is 0 Å². The second-order valence-corrected chi connectivity index (χ2v) is 10.9. The van der Waals surface area contributed by atoms with E-state index in [4.69, 9.17) is 5.11 Å². The van der Waals surface area contributed by atoms with E-state index >= 15 is 0 Å². The molecule has 1 saturated carbocycles. The van der Waals surface area contributed by atoms with Crippen molar-refractivity contribution in [2.24, 2.45) is 5.41 Å². The SMILES string of the molecule is O=C(Nc1nccc(N2CCC(F)(F)CC2)n1)c1ccc(SNCCO)cc1N1CCC2(CC1)CC2. The third-order valence-electron chi connectivity index (χ3n) is 7.42. The largest absolute Gasteiger partial charge is 0.395 e. The van der Waals surface area contributed by atoms with E-state index in [1.807, 2.05) is 18.2 Å². The maximum atomic E-state index is 13.5. The highest BCUT2D eigenvalue weighted by atomic mass is 32.2. The first-order valence-electron chi connectivity index (χ1n) is 12.5. The Bertz CT molecular complexity index is 1080. The van der Waals surface area contributed by atoms with Gasteiger partial charge in [0.15, 0.2) is 0 Å². The zero-order valence-corrected chi connectivity index (χ0v) is 21.0. The van der Waals surface area contributed by atoms with Crippen molar-refractivity contribution in [2.45, 2.75) is 49.3 Å². The Morgan fingerprint density at radius 1 is 1.03 bits per heavy atom. The number of nitrogens with zero attached hydrogens (tertiary/aromatic N) is 4. The molecule has 0 unspecified atom stereocenters. The molecule has 194 valence electrons. The standard InChI is InChI=1S/C25H32F2N6O2S/c26-25(27)8-14-33(15-9-25)21-3-10-28-23(30-21)31-22(35)19-2-1-18(36-29-11-16-34)17-20(19)32-12-6-24(4-5-24)7-13-32/h1-3,10,17,29,34H,4-9,11-16H2,(H,28,30,31,35). The highest BCUT2D eigenvalue weighted by Gasteiger charge is 2.44. The number of nitrogens with one attached hydrogen (secondary N) is 2. The van der Waals surface area contributed by atoms with Gasteiger partial charge in [-0.3, -0.25) is 14.8 Å². The van der Waals surface area contributed by atoms with Crippen molar-refractivity contribution in [3.05, 3.63) is 36.0 Å². The van der Waals surface area contributed by atoms with Crippen molar-refractivity contribution in [1.29, 1.82) is 0 Å². The van der Waals surface area contributed by atoms with Crippen LogP contribution in [0.1, 0.15) is 48.9 Å². The van der Waals surface area contributed by atoms with Crippen molar-refractivity contribution < 1.29 is 18.7 Å². The molecule has 0 atom stereocenters. The molecule has 2 aliphatic heterocycles. The number of carbonyl (C=O) groups excluding carboxylic acids is 1. The fourth-order valence-corrected chi connectivity index (χ4v) is 5.59. The van der Waals surface area contributed by atoms with E-state index in [1.165, 1.54) is 31.0 Å². The van der Waals surface area contributed by atoms with E-state index in [9.17, 15) is 13.6 Å². The second kappa shape index (κ2) is 10.5. The Hall–Kier alpha value is -2.50. The number of piperidine rings is 2. The quantitative estimate of drug-likeness (QED) is 0.358. The van der Waals surface area contributed by atoms with E-state index in [0.717, 1.165) is 36.5 Å². The molecule has 3 heterocycles. The topological polar surface area (TPSA) is 93.6 Å². The lowest BCUT2D eigenvalue weighted by Gasteiger charge is -2.35. The van der Waals surface area contributed by atoms with Gasteiger partial charge in [-0.05, 0) is 67.3 Å². The van der Waals surface area contributed by atoms with Crippen LogP contribution in [0.4, 0.5) is 26.2 Å². The Labute approximate surface area is 214 Å². The maximum Gasteiger partial charge on any atom is 0.260 e. The summed E-state index contributed by atoms with van der Waals surface area (Å²) in [7, 11) is 0. The van der Waals surface area contributed by atoms with Crippen LogP contribution in [0.5, 0.6) is 0 Å². The van der Waals surface area contributed by atoms with Crippen LogP contribution in [0.25, 0.3) is 0 Å². The molecule has 3 aliphatic rings. The van der Waals surface area contributed by atoms with Crippen molar-refractivity contribution in [3.63, 3.8) is 0 Å². The fourth-order valence-electron chi connectivity index (χ4n) is 4.92. The molecule has 36 heavy (non-hydrogen) atoms. The Kier molecular flexibility index (Phi) is 7.32. The number of halogens is 2. The highest BCUT2D eigenvalue weighted by Crippen LogP contribution is 2.54. The molecular weight excluding hydrogens is 486 g/mol. The van der Waals surface area contributed by atoms with Crippen LogP contribution in [-0.4, -0.2) is 66.2 Å². The predicted molar refractivity (Wildman–Crippen MR) is 137 cm³/mol. The van der Waals surface area contributed by atoms with Gasteiger partial charge >= 0.3 is 0 Å². The van der Waals surface area contributed by atoms with Crippen LogP contribution in [0.3, 0.4) is 0 Å². The number of aliphatic hydroxyl groups is 1. The number of aliphatic hydroxyl groups excluding tert-OH is 1. The number of amides is 1. The summed E-state index contributed by atoms with van der Waals surface area (Å²) in [4.78, 5) is 27.0. The summed E-state index contributed by atoms with van der Waals surface area (Å²) >= 11 is 1.43. The summed E-state index contributed by atoms with van der Waals surface area (Å²) in [5, 5.41) is 11.9. The van der Waals surface area contributed by atoms with Crippen molar-refractivity contribution >= 4 is 35.3 Å². The van der Waals surface area contributed by atoms with Gasteiger partial charge in [-0.25, -0.2) is 13.8 Å². The summed E-state index contributed by atoms with van der Waals surface area (Å²) < 4.78 is 30.2. The average molecular weight is 519 g/mol. The number of rotatable bonds is 8. The van der Waals surface area contributed by atoms with Crippen LogP contribution in [-0.2, 0) is 0 Å². The minimum Gasteiger partial charge on any atom is -0.395 e. The molecule has 1 aliphatic carbocycles. The Morgan fingerprint density at radius 3 is 2.44 bits per heavy atom. The number of benzene rings is 1. The fraction of sp³-hybridized carbons (Fsp3) is 0.560. The van der Waals surface area contributed by atoms with E-state index in [2.05, 4.69) is 24.9 Å². The number of aromatic nitrogens is 2. The third kappa shape index (κ3) is 5.90. The van der Waals surface area contributed by atoms with Crippen LogP contribution in [0.2, 0.25) is 0 Å². The summed E-state index contributed by atoms with van der Waals surface area (Å²) in [6.07, 6.45) is 5.99. The lowest BCUT2D eigenvalue weighted by molar-refractivity contribution is -0.0221. The third-order valence-corrected chi connectivity index (χ3v) is 8.26. The van der Waals surface area contributed by atoms with Gasteiger partial charge in [-0.2, -0.15) is 4.98 Å². The summed E-state index contributed by atoms with van der Waals surface area (Å²) in [5.41, 5.74) is 1.92. The van der Waals surface area contributed by atoms with Gasteiger partial charge < -0.3 is 14.9 Å². The summed E-state index contributed by atoms with van der Waals surface area (Å²) in [6.45, 7) is 2.75. The molecule has 1 spiro atoms. The maximum absolute atomic E-state index is 13.5. The molecule has 8 nitrogen and oxygen atoms in total. The smallest absolute Gasteiger partial charge is 0.260 e. The molecule has 1 aromatic heterocycles. The van der Waals surface area contributed by atoms with Gasteiger partial charge in [0.2, 0.25) is 5.95 Å². The molecule has 1 amide bonds. The van der Waals surface area contributed by atoms with Crippen LogP contribution in [0.15, 0.2) is 35.4 Å². The first-order valence-corrected chi connectivity index (χ1v) is 13.3. The lowest BCUT2D eigenvalue weighted by Crippen LogP contribution is -2.39. The van der Waals surface area contributed by atoms with Gasteiger partial charge in [0.25, 0.3) is 11.8 Å². The molecule has 0 bridgehead atoms. The Morgan fingerprint density at radius 2 is 1.75 bits per heavy atom. The number of hydrogen-bond donors (Lipinski definition) is 3. The van der Waals surface area contributed by atoms with Gasteiger partial charge in [-0.1, -0.05) is 0 Å². The average Bonchev–Trinajstić information content (AvgIpc) is 3.63. The normalized spacial score (nSPS) is 20.4. The van der Waals surface area contributed by atoms with Gasteiger partial charge in [0, 0.05) is 56.7 Å². The Balaban J connectivity index is 1.32. The second-order valence-electron chi connectivity index (χ2n) is 9.92. The zero-order chi connectivity index (χ0) is 25.2. The number of carbonyl (C=O) groups is 1. The van der Waals surface area contributed by atoms with Crippen molar-refractivity contribution in [1.82, 2.24) is 14.7 Å². The number of alkyl halides is 2. The van der Waals surface area contributed by atoms with E-state index < -0.39 is 5.92 Å². The molecule has 5 rings (SSSR count). The van der Waals surface area contributed by atoms with Gasteiger partial charge in [0.1, 0.15) is 5.82 Å². The highest BCUT2D eigenvalue weighted by molar-refractivity contribution is 7.97. The van der Waals surface area contributed by atoms with Crippen molar-refractivity contribution in [2.75, 3.05) is 54.4 Å². The van der Waals surface area contributed by atoms with E-state index in [0.29, 0.717) is 23.3 Å². The lowest BCUT2D eigenvalue weighted by atomic mass is 9.93. The van der Waals surface area contributed by atoms with E-state index in [1.54, 1.807) is 11.0 Å². The van der Waals surface area contributed by atoms with Gasteiger partial charge in [-0.15, -0.1) is 0 Å². The van der Waals surface area contributed by atoms with Gasteiger partial charge in [0.05, 0.1) is 17.9 Å². The summed E-state index contributed by atoms with van der Waals surface area (Å²) in [5.74, 6) is -2.26. The van der Waals surface area contributed by atoms with Crippen LogP contribution < -0.4 is 19.8 Å². The van der Waals surface area contributed by atoms with E-state index in [-0.39, 0.29) is 44.4 Å². The molecule has 1 aromatic carbocycles. The molecule has 11 heteroatoms. The van der Waals surface area contributed by atoms with Crippen LogP contribution in [0, 0.1) is 5.41 Å². The molecule has 2 aromatic rings. The minimum absolute atomic E-state index is 0.0491. The molecule has 0 radical (unpaired) electrons. The molecule has 3 N–H and O–H groups in total. The first kappa shape index (κ1) is 25.2. The molecule has 3 fully saturated rings. The van der Waals surface area contributed by atoms with Crippen LogP contribution >= 0.6 is 11.9 Å². The molecule has 2 saturated heterocycles. The predicted octanol–water partition coefficient (Wildman–Crippen LogP) is 3.93. The monoisotopic (exact) mass is 518 g/mol. The first-order chi connectivity index (χ1) is 17.4. The minimum atomic E-state index is -2.64. The zero-order valence-electron chi connectivity index (χ0n) is 20.2.